The van der Waals surface area contributed by atoms with Crippen LogP contribution in [0.3, 0.4) is 0 Å². The van der Waals surface area contributed by atoms with Gasteiger partial charge in [-0.3, -0.25) is 9.52 Å². The number of anilines is 4. The maximum Gasteiger partial charge on any atom is 0.262 e. The molecule has 0 radical (unpaired) electrons. The van der Waals surface area contributed by atoms with Crippen LogP contribution in [0.4, 0.5) is 22.7 Å². The van der Waals surface area contributed by atoms with Gasteiger partial charge in [-0.15, -0.1) is 0 Å². The standard InChI is InChI=1S/C40H57N3O4S/c1-8-9-10-14-23-47-34-20-17-32(18-21-34)41-37-22-19-33(26-38(37)42-40(44)30-15-12-11-13-16-30)43-48(45,46)39-35(28(4)5)24-31(27(2)3)25-36(39)29(6)7/h17-22,24-30,41,43H,8-16,23H2,1-7H3,(H,42,44). The molecule has 3 aromatic carbocycles. The highest BCUT2D eigenvalue weighted by Crippen LogP contribution is 2.37. The van der Waals surface area contributed by atoms with Gasteiger partial charge in [-0.25, -0.2) is 8.42 Å². The van der Waals surface area contributed by atoms with Crippen LogP contribution in [0.1, 0.15) is 141 Å². The lowest BCUT2D eigenvalue weighted by Crippen LogP contribution is -2.25. The average molecular weight is 676 g/mol. The predicted molar refractivity (Wildman–Crippen MR) is 201 cm³/mol. The average Bonchev–Trinajstić information content (AvgIpc) is 3.06. The zero-order valence-electron chi connectivity index (χ0n) is 30.1. The summed E-state index contributed by atoms with van der Waals surface area (Å²) in [5, 5.41) is 6.57. The Bertz CT molecular complexity index is 1580. The summed E-state index contributed by atoms with van der Waals surface area (Å²) in [7, 11) is -3.96. The van der Waals surface area contributed by atoms with Gasteiger partial charge in [0.25, 0.3) is 10.0 Å². The van der Waals surface area contributed by atoms with E-state index in [-0.39, 0.29) is 29.6 Å². The van der Waals surface area contributed by atoms with Crippen molar-refractivity contribution in [1.82, 2.24) is 0 Å². The maximum absolute atomic E-state index is 14.2. The molecular weight excluding hydrogens is 619 g/mol. The number of sulfonamides is 1. The van der Waals surface area contributed by atoms with E-state index in [1.807, 2.05) is 70.2 Å². The number of hydrogen-bond acceptors (Lipinski definition) is 5. The molecule has 1 fully saturated rings. The van der Waals surface area contributed by atoms with Crippen molar-refractivity contribution in [2.75, 3.05) is 22.0 Å². The maximum atomic E-state index is 14.2. The minimum absolute atomic E-state index is 0.0162. The van der Waals surface area contributed by atoms with Gasteiger partial charge >= 0.3 is 0 Å². The Balaban J connectivity index is 1.64. The van der Waals surface area contributed by atoms with E-state index in [0.29, 0.717) is 28.6 Å². The van der Waals surface area contributed by atoms with Crippen LogP contribution in [0.15, 0.2) is 59.5 Å². The molecule has 0 saturated heterocycles. The van der Waals surface area contributed by atoms with Crippen molar-refractivity contribution in [3.8, 4) is 5.75 Å². The minimum Gasteiger partial charge on any atom is -0.494 e. The molecule has 262 valence electrons. The first-order valence-electron chi connectivity index (χ1n) is 18.0. The Morgan fingerprint density at radius 2 is 1.40 bits per heavy atom. The van der Waals surface area contributed by atoms with E-state index in [4.69, 9.17) is 4.74 Å². The molecule has 48 heavy (non-hydrogen) atoms. The number of unbranched alkanes of at least 4 members (excludes halogenated alkanes) is 3. The largest absolute Gasteiger partial charge is 0.494 e. The van der Waals surface area contributed by atoms with Crippen molar-refractivity contribution >= 4 is 38.7 Å². The minimum atomic E-state index is -3.96. The monoisotopic (exact) mass is 675 g/mol. The highest BCUT2D eigenvalue weighted by molar-refractivity contribution is 7.92. The highest BCUT2D eigenvalue weighted by atomic mass is 32.2. The fourth-order valence-corrected chi connectivity index (χ4v) is 8.08. The van der Waals surface area contributed by atoms with E-state index >= 15 is 0 Å². The van der Waals surface area contributed by atoms with E-state index in [0.717, 1.165) is 66.7 Å². The smallest absolute Gasteiger partial charge is 0.262 e. The number of nitrogens with one attached hydrogen (secondary N) is 3. The molecular formula is C40H57N3O4S. The molecule has 4 rings (SSSR count). The van der Waals surface area contributed by atoms with Gasteiger partial charge < -0.3 is 15.4 Å². The first kappa shape index (κ1) is 37.3. The van der Waals surface area contributed by atoms with Crippen LogP contribution in [-0.2, 0) is 14.8 Å². The van der Waals surface area contributed by atoms with Crippen molar-refractivity contribution in [3.05, 3.63) is 71.3 Å². The van der Waals surface area contributed by atoms with Gasteiger partial charge in [-0.05, 0) is 96.2 Å². The lowest BCUT2D eigenvalue weighted by atomic mass is 9.88. The van der Waals surface area contributed by atoms with Crippen molar-refractivity contribution in [2.24, 2.45) is 5.92 Å². The fraction of sp³-hybridized carbons (Fsp3) is 0.525. The van der Waals surface area contributed by atoms with Gasteiger partial charge in [-0.1, -0.05) is 99.1 Å². The molecule has 8 heteroatoms. The van der Waals surface area contributed by atoms with Crippen molar-refractivity contribution in [3.63, 3.8) is 0 Å². The topological polar surface area (TPSA) is 96.5 Å². The number of rotatable bonds is 16. The molecule has 0 bridgehead atoms. The normalized spacial score (nSPS) is 14.0. The number of hydrogen-bond donors (Lipinski definition) is 3. The van der Waals surface area contributed by atoms with Crippen LogP contribution in [-0.4, -0.2) is 20.9 Å². The third kappa shape index (κ3) is 10.0. The van der Waals surface area contributed by atoms with Gasteiger partial charge in [0.1, 0.15) is 5.75 Å². The van der Waals surface area contributed by atoms with Crippen molar-refractivity contribution in [2.45, 2.75) is 129 Å². The van der Waals surface area contributed by atoms with Crippen molar-refractivity contribution < 1.29 is 17.9 Å². The van der Waals surface area contributed by atoms with Gasteiger partial charge in [0, 0.05) is 11.6 Å². The Kier molecular flexibility index (Phi) is 13.4. The first-order chi connectivity index (χ1) is 22.9. The van der Waals surface area contributed by atoms with E-state index < -0.39 is 10.0 Å². The first-order valence-corrected chi connectivity index (χ1v) is 19.5. The zero-order valence-corrected chi connectivity index (χ0v) is 30.9. The summed E-state index contributed by atoms with van der Waals surface area (Å²) in [5.74, 6) is 1.04. The van der Waals surface area contributed by atoms with Crippen LogP contribution in [0.5, 0.6) is 5.75 Å². The van der Waals surface area contributed by atoms with E-state index in [1.54, 1.807) is 12.1 Å². The van der Waals surface area contributed by atoms with Crippen LogP contribution in [0.25, 0.3) is 0 Å². The predicted octanol–water partition coefficient (Wildman–Crippen LogP) is 11.1. The molecule has 1 aliphatic carbocycles. The van der Waals surface area contributed by atoms with Crippen LogP contribution < -0.4 is 20.1 Å². The zero-order chi connectivity index (χ0) is 34.8. The Morgan fingerprint density at radius 3 is 1.98 bits per heavy atom. The van der Waals surface area contributed by atoms with Gasteiger partial charge in [0.2, 0.25) is 5.91 Å². The molecule has 0 unspecified atom stereocenters. The summed E-state index contributed by atoms with van der Waals surface area (Å²) in [6.07, 6.45) is 9.59. The Hall–Kier alpha value is -3.52. The third-order valence-electron chi connectivity index (χ3n) is 9.25. The van der Waals surface area contributed by atoms with Crippen LogP contribution >= 0.6 is 0 Å². The number of carbonyl (C=O) groups excluding carboxylic acids is 1. The summed E-state index contributed by atoms with van der Waals surface area (Å²) in [6, 6.07) is 17.2. The highest BCUT2D eigenvalue weighted by Gasteiger charge is 2.28. The second-order valence-corrected chi connectivity index (χ2v) is 15.9. The summed E-state index contributed by atoms with van der Waals surface area (Å²) in [4.78, 5) is 13.8. The number of benzene rings is 3. The molecule has 0 aromatic heterocycles. The summed E-state index contributed by atoms with van der Waals surface area (Å²) < 4.78 is 37.2. The molecule has 0 spiro atoms. The van der Waals surface area contributed by atoms with E-state index in [1.165, 1.54) is 19.3 Å². The molecule has 0 heterocycles. The fourth-order valence-electron chi connectivity index (χ4n) is 6.33. The number of carbonyl (C=O) groups is 1. The molecule has 0 aliphatic heterocycles. The molecule has 1 amide bonds. The van der Waals surface area contributed by atoms with Gasteiger partial charge in [-0.2, -0.15) is 0 Å². The van der Waals surface area contributed by atoms with E-state index in [2.05, 4.69) is 36.1 Å². The number of ether oxygens (including phenoxy) is 1. The third-order valence-corrected chi connectivity index (χ3v) is 10.8. The second-order valence-electron chi connectivity index (χ2n) is 14.2. The molecule has 3 aromatic rings. The van der Waals surface area contributed by atoms with Crippen LogP contribution in [0.2, 0.25) is 0 Å². The quantitative estimate of drug-likeness (QED) is 0.131. The molecule has 1 aliphatic rings. The summed E-state index contributed by atoms with van der Waals surface area (Å²) >= 11 is 0. The molecule has 0 atom stereocenters. The SMILES string of the molecule is CCCCCCOc1ccc(Nc2ccc(NS(=O)(=O)c3c(C(C)C)cc(C(C)C)cc3C(C)C)cc2NC(=O)C2CCCCC2)cc1. The Labute approximate surface area is 289 Å². The lowest BCUT2D eigenvalue weighted by molar-refractivity contribution is -0.120. The lowest BCUT2D eigenvalue weighted by Gasteiger charge is -2.24. The van der Waals surface area contributed by atoms with Gasteiger partial charge in [0.05, 0.1) is 28.6 Å². The van der Waals surface area contributed by atoms with Crippen molar-refractivity contribution in [1.29, 1.82) is 0 Å². The van der Waals surface area contributed by atoms with E-state index in [9.17, 15) is 13.2 Å². The summed E-state index contributed by atoms with van der Waals surface area (Å²) in [6.45, 7) is 15.3. The van der Waals surface area contributed by atoms with Gasteiger partial charge in [0.15, 0.2) is 0 Å². The molecule has 3 N–H and O–H groups in total. The number of amides is 1. The summed E-state index contributed by atoms with van der Waals surface area (Å²) in [5.41, 5.74) is 5.21. The second kappa shape index (κ2) is 17.2. The molecule has 1 saturated carbocycles. The Morgan fingerprint density at radius 1 is 0.771 bits per heavy atom. The van der Waals surface area contributed by atoms with Crippen LogP contribution in [0, 0.1) is 5.92 Å². The molecule has 7 nitrogen and oxygen atoms in total.